The predicted molar refractivity (Wildman–Crippen MR) is 25.6 cm³/mol. The third-order valence-corrected chi connectivity index (χ3v) is 0.668. The van der Waals surface area contributed by atoms with E-state index in [2.05, 4.69) is 16.3 Å². The molecule has 1 radical (unpaired) electrons. The van der Waals surface area contributed by atoms with Gasteiger partial charge in [-0.15, -0.1) is 0 Å². The van der Waals surface area contributed by atoms with Gasteiger partial charge in [-0.2, -0.15) is 5.10 Å². The van der Waals surface area contributed by atoms with E-state index in [4.69, 9.17) is 0 Å². The number of hydrogen-bond acceptors (Lipinski definition) is 2. The van der Waals surface area contributed by atoms with E-state index in [0.29, 0.717) is 0 Å². The molecule has 8 heavy (non-hydrogen) atoms. The molecule has 39 valence electrons. The van der Waals surface area contributed by atoms with Crippen molar-refractivity contribution in [2.45, 2.75) is 6.92 Å². The molecule has 0 spiro atoms. The van der Waals surface area contributed by atoms with Crippen molar-refractivity contribution >= 4 is 0 Å². The Labute approximate surface area is 60.2 Å². The van der Waals surface area contributed by atoms with Crippen molar-refractivity contribution < 1.29 is 18.6 Å². The van der Waals surface area contributed by atoms with Gasteiger partial charge in [0.25, 0.3) is 0 Å². The minimum atomic E-state index is 0. The van der Waals surface area contributed by atoms with Gasteiger partial charge in [0.2, 0.25) is 0 Å². The fourth-order valence-electron chi connectivity index (χ4n) is 0.321. The fourth-order valence-corrected chi connectivity index (χ4v) is 0.321. The maximum Gasteiger partial charge on any atom is 2.00 e. The molecule has 1 aromatic rings. The summed E-state index contributed by atoms with van der Waals surface area (Å²) < 4.78 is 0. The summed E-state index contributed by atoms with van der Waals surface area (Å²) in [4.78, 5) is 0. The summed E-state index contributed by atoms with van der Waals surface area (Å²) in [6, 6.07) is 2.86. The molecule has 0 aliphatic heterocycles. The minimum Gasteiger partial charge on any atom is -0.258 e. The van der Waals surface area contributed by atoms with E-state index < -0.39 is 0 Å². The zero-order chi connectivity index (χ0) is 5.11. The average Bonchev–Trinajstić information content (AvgIpc) is 1.69. The molecule has 0 aliphatic rings. The second-order valence-electron chi connectivity index (χ2n) is 1.32. The Balaban J connectivity index is 0.000000490. The maximum atomic E-state index is 3.60. The van der Waals surface area contributed by atoms with Crippen molar-refractivity contribution in [2.24, 2.45) is 0 Å². The molecule has 0 saturated heterocycles. The van der Waals surface area contributed by atoms with Crippen LogP contribution < -0.4 is 0 Å². The molecule has 0 saturated carbocycles. The average molecular weight is 144 g/mol. The van der Waals surface area contributed by atoms with Crippen LogP contribution in [0.4, 0.5) is 0 Å². The predicted octanol–water partition coefficient (Wildman–Crippen LogP) is 0.583. The molecular formula is C5H5N2V+. The molecular weight excluding hydrogens is 139 g/mol. The first-order chi connectivity index (χ1) is 3.39. The van der Waals surface area contributed by atoms with Crippen LogP contribution in [0.3, 0.4) is 0 Å². The Morgan fingerprint density at radius 1 is 1.50 bits per heavy atom. The monoisotopic (exact) mass is 144 g/mol. The molecule has 1 rings (SSSR count). The summed E-state index contributed by atoms with van der Waals surface area (Å²) in [5.41, 5.74) is 1.02. The molecule has 0 amide bonds. The normalized spacial score (nSPS) is 7.62. The van der Waals surface area contributed by atoms with E-state index in [9.17, 15) is 0 Å². The number of aromatic nitrogens is 2. The topological polar surface area (TPSA) is 25.8 Å². The van der Waals surface area contributed by atoms with Crippen molar-refractivity contribution in [1.82, 2.24) is 10.2 Å². The maximum absolute atomic E-state index is 3.60. The fraction of sp³-hybridized carbons (Fsp3) is 0.200. The zero-order valence-corrected chi connectivity index (χ0v) is 5.89. The van der Waals surface area contributed by atoms with Gasteiger partial charge >= 0.3 is 18.6 Å². The molecule has 2 nitrogen and oxygen atoms in total. The first kappa shape index (κ1) is 7.66. The molecule has 0 fully saturated rings. The quantitative estimate of drug-likeness (QED) is 0.498. The van der Waals surface area contributed by atoms with Crippen LogP contribution in [0.25, 0.3) is 0 Å². The summed E-state index contributed by atoms with van der Waals surface area (Å²) in [6.45, 7) is 1.93. The van der Waals surface area contributed by atoms with E-state index in [1.54, 1.807) is 12.4 Å². The van der Waals surface area contributed by atoms with Gasteiger partial charge in [-0.25, -0.2) is 11.6 Å². The molecule has 0 unspecified atom stereocenters. The first-order valence-corrected chi connectivity index (χ1v) is 2.04. The van der Waals surface area contributed by atoms with Crippen LogP contribution in [0, 0.1) is 13.0 Å². The third-order valence-electron chi connectivity index (χ3n) is 0.668. The Bertz CT molecular complexity index is 140. The van der Waals surface area contributed by atoms with Crippen LogP contribution in [0.1, 0.15) is 5.56 Å². The first-order valence-electron chi connectivity index (χ1n) is 2.04. The van der Waals surface area contributed by atoms with E-state index in [1.807, 2.05) is 6.92 Å². The Morgan fingerprint density at radius 3 is 2.50 bits per heavy atom. The molecule has 3 heteroatoms. The van der Waals surface area contributed by atoms with Crippen LogP contribution in [0.15, 0.2) is 12.4 Å². The minimum absolute atomic E-state index is 0. The van der Waals surface area contributed by atoms with Crippen molar-refractivity contribution in [1.29, 1.82) is 0 Å². The summed E-state index contributed by atoms with van der Waals surface area (Å²) in [7, 11) is 0. The smallest absolute Gasteiger partial charge is 0.258 e. The molecule has 0 aromatic carbocycles. The Morgan fingerprint density at radius 2 is 2.25 bits per heavy atom. The zero-order valence-electron chi connectivity index (χ0n) is 4.50. The van der Waals surface area contributed by atoms with Crippen LogP contribution in [-0.4, -0.2) is 10.2 Å². The van der Waals surface area contributed by atoms with Gasteiger partial charge in [0.1, 0.15) is 0 Å². The third kappa shape index (κ3) is 2.10. The van der Waals surface area contributed by atoms with Crippen LogP contribution >= 0.6 is 0 Å². The molecule has 0 bridgehead atoms. The second kappa shape index (κ2) is 3.64. The largest absolute Gasteiger partial charge is 2.00 e. The Kier molecular flexibility index (Phi) is 3.49. The van der Waals surface area contributed by atoms with Gasteiger partial charge in [-0.1, -0.05) is 13.1 Å². The number of aryl methyl sites for hydroxylation is 1. The van der Waals surface area contributed by atoms with Crippen molar-refractivity contribution in [3.05, 3.63) is 24.0 Å². The SMILES string of the molecule is Cc1[c-]cnnc1.[V+2]. The van der Waals surface area contributed by atoms with Crippen LogP contribution in [0.5, 0.6) is 0 Å². The van der Waals surface area contributed by atoms with Gasteiger partial charge in [0.05, 0.1) is 0 Å². The molecule has 0 atom stereocenters. The van der Waals surface area contributed by atoms with E-state index >= 15 is 0 Å². The van der Waals surface area contributed by atoms with E-state index in [0.717, 1.165) is 5.56 Å². The van der Waals surface area contributed by atoms with E-state index in [1.165, 1.54) is 0 Å². The van der Waals surface area contributed by atoms with E-state index in [-0.39, 0.29) is 18.6 Å². The van der Waals surface area contributed by atoms with Gasteiger partial charge in [0, 0.05) is 0 Å². The molecule has 1 aromatic heterocycles. The van der Waals surface area contributed by atoms with Crippen molar-refractivity contribution in [2.75, 3.05) is 0 Å². The number of hydrogen-bond donors (Lipinski definition) is 0. The van der Waals surface area contributed by atoms with Gasteiger partial charge in [-0.3, -0.25) is 5.10 Å². The van der Waals surface area contributed by atoms with Crippen molar-refractivity contribution in [3.63, 3.8) is 0 Å². The summed E-state index contributed by atoms with van der Waals surface area (Å²) in [5.74, 6) is 0. The number of rotatable bonds is 0. The number of nitrogens with zero attached hydrogens (tertiary/aromatic N) is 2. The van der Waals surface area contributed by atoms with Crippen LogP contribution in [-0.2, 0) is 18.6 Å². The summed E-state index contributed by atoms with van der Waals surface area (Å²) >= 11 is 0. The van der Waals surface area contributed by atoms with Gasteiger partial charge in [-0.05, 0) is 6.20 Å². The second-order valence-corrected chi connectivity index (χ2v) is 1.32. The van der Waals surface area contributed by atoms with Gasteiger partial charge < -0.3 is 0 Å². The van der Waals surface area contributed by atoms with Gasteiger partial charge in [0.15, 0.2) is 0 Å². The molecule has 0 N–H and O–H groups in total. The van der Waals surface area contributed by atoms with Crippen LogP contribution in [0.2, 0.25) is 0 Å². The summed E-state index contributed by atoms with van der Waals surface area (Å²) in [5, 5.41) is 7.14. The molecule has 1 heterocycles. The standard InChI is InChI=1S/C5H5N2.V/c1-5-2-3-6-7-4-5;/h3-4H,1H3;/q-1;+2. The Hall–Kier alpha value is -0.336. The summed E-state index contributed by atoms with van der Waals surface area (Å²) in [6.07, 6.45) is 3.22. The molecule has 0 aliphatic carbocycles. The van der Waals surface area contributed by atoms with Crippen molar-refractivity contribution in [3.8, 4) is 0 Å².